The zero-order valence-corrected chi connectivity index (χ0v) is 11.8. The SMILES string of the molecule is COc1ccc(-c2cc(C)nc(C(C)(C)N)n2)cc1. The van der Waals surface area contributed by atoms with Crippen LogP contribution in [0.3, 0.4) is 0 Å². The van der Waals surface area contributed by atoms with Crippen LogP contribution < -0.4 is 10.5 Å². The van der Waals surface area contributed by atoms with Gasteiger partial charge in [0.25, 0.3) is 0 Å². The second-order valence-electron chi connectivity index (χ2n) is 5.17. The third-order valence-corrected chi connectivity index (χ3v) is 2.82. The molecule has 19 heavy (non-hydrogen) atoms. The number of rotatable bonds is 3. The number of methoxy groups -OCH3 is 1. The lowest BCUT2D eigenvalue weighted by atomic mass is 10.0. The first kappa shape index (κ1) is 13.5. The summed E-state index contributed by atoms with van der Waals surface area (Å²) in [7, 11) is 1.65. The Morgan fingerprint density at radius 3 is 2.26 bits per heavy atom. The summed E-state index contributed by atoms with van der Waals surface area (Å²) in [6, 6.07) is 9.75. The van der Waals surface area contributed by atoms with E-state index < -0.39 is 5.54 Å². The third-order valence-electron chi connectivity index (χ3n) is 2.82. The van der Waals surface area contributed by atoms with Crippen molar-refractivity contribution in [2.75, 3.05) is 7.11 Å². The number of hydrogen-bond acceptors (Lipinski definition) is 4. The molecule has 0 radical (unpaired) electrons. The number of ether oxygens (including phenoxy) is 1. The average Bonchev–Trinajstić information content (AvgIpc) is 2.37. The van der Waals surface area contributed by atoms with Crippen molar-refractivity contribution in [3.63, 3.8) is 0 Å². The van der Waals surface area contributed by atoms with Gasteiger partial charge < -0.3 is 10.5 Å². The minimum Gasteiger partial charge on any atom is -0.497 e. The van der Waals surface area contributed by atoms with Crippen LogP contribution in [0.2, 0.25) is 0 Å². The normalized spacial score (nSPS) is 11.4. The van der Waals surface area contributed by atoms with Gasteiger partial charge in [-0.05, 0) is 51.1 Å². The van der Waals surface area contributed by atoms with Gasteiger partial charge in [-0.25, -0.2) is 9.97 Å². The van der Waals surface area contributed by atoms with E-state index in [2.05, 4.69) is 9.97 Å². The minimum atomic E-state index is -0.548. The highest BCUT2D eigenvalue weighted by atomic mass is 16.5. The molecule has 2 aromatic rings. The molecule has 0 aliphatic rings. The molecule has 0 atom stereocenters. The van der Waals surface area contributed by atoms with Crippen molar-refractivity contribution < 1.29 is 4.74 Å². The van der Waals surface area contributed by atoms with Crippen LogP contribution in [0.4, 0.5) is 0 Å². The molecule has 4 nitrogen and oxygen atoms in total. The molecule has 0 amide bonds. The molecule has 0 unspecified atom stereocenters. The summed E-state index contributed by atoms with van der Waals surface area (Å²) in [4.78, 5) is 8.96. The molecule has 0 bridgehead atoms. The summed E-state index contributed by atoms with van der Waals surface area (Å²) < 4.78 is 5.15. The number of nitrogens with two attached hydrogens (primary N) is 1. The highest BCUT2D eigenvalue weighted by Gasteiger charge is 2.19. The van der Waals surface area contributed by atoms with Crippen LogP contribution in [0.25, 0.3) is 11.3 Å². The Morgan fingerprint density at radius 2 is 1.74 bits per heavy atom. The average molecular weight is 257 g/mol. The Morgan fingerprint density at radius 1 is 1.11 bits per heavy atom. The minimum absolute atomic E-state index is 0.548. The van der Waals surface area contributed by atoms with Crippen LogP contribution >= 0.6 is 0 Å². The maximum absolute atomic E-state index is 6.07. The zero-order valence-electron chi connectivity index (χ0n) is 11.8. The van der Waals surface area contributed by atoms with Gasteiger partial charge in [0.2, 0.25) is 0 Å². The van der Waals surface area contributed by atoms with Gasteiger partial charge in [0.05, 0.1) is 18.3 Å². The molecule has 0 saturated heterocycles. The monoisotopic (exact) mass is 257 g/mol. The summed E-state index contributed by atoms with van der Waals surface area (Å²) in [6.45, 7) is 5.75. The van der Waals surface area contributed by atoms with Crippen molar-refractivity contribution in [1.29, 1.82) is 0 Å². The molecule has 0 spiro atoms. The van der Waals surface area contributed by atoms with E-state index in [0.29, 0.717) is 5.82 Å². The fourth-order valence-corrected chi connectivity index (χ4v) is 1.77. The quantitative estimate of drug-likeness (QED) is 0.918. The van der Waals surface area contributed by atoms with Crippen LogP contribution in [-0.4, -0.2) is 17.1 Å². The van der Waals surface area contributed by atoms with Gasteiger partial charge in [0.15, 0.2) is 0 Å². The Balaban J connectivity index is 2.46. The van der Waals surface area contributed by atoms with E-state index in [-0.39, 0.29) is 0 Å². The Kier molecular flexibility index (Phi) is 3.53. The molecular formula is C15H19N3O. The number of aryl methyl sites for hydroxylation is 1. The molecule has 2 rings (SSSR count). The molecular weight excluding hydrogens is 238 g/mol. The van der Waals surface area contributed by atoms with Gasteiger partial charge in [-0.3, -0.25) is 0 Å². The summed E-state index contributed by atoms with van der Waals surface area (Å²) >= 11 is 0. The lowest BCUT2D eigenvalue weighted by Crippen LogP contribution is -2.31. The van der Waals surface area contributed by atoms with Gasteiger partial charge >= 0.3 is 0 Å². The molecule has 0 aliphatic heterocycles. The Bertz CT molecular complexity index is 571. The van der Waals surface area contributed by atoms with Crippen LogP contribution in [0.1, 0.15) is 25.4 Å². The maximum atomic E-state index is 6.07. The number of benzene rings is 1. The molecule has 1 aromatic heterocycles. The van der Waals surface area contributed by atoms with Crippen molar-refractivity contribution >= 4 is 0 Å². The van der Waals surface area contributed by atoms with Crippen LogP contribution in [-0.2, 0) is 5.54 Å². The third kappa shape index (κ3) is 3.09. The molecule has 1 heterocycles. The van der Waals surface area contributed by atoms with Crippen molar-refractivity contribution in [2.24, 2.45) is 5.73 Å². The number of nitrogens with zero attached hydrogens (tertiary/aromatic N) is 2. The van der Waals surface area contributed by atoms with Crippen molar-refractivity contribution in [3.05, 3.63) is 41.9 Å². The van der Waals surface area contributed by atoms with Crippen LogP contribution in [0.5, 0.6) is 5.75 Å². The van der Waals surface area contributed by atoms with Gasteiger partial charge in [0, 0.05) is 11.3 Å². The van der Waals surface area contributed by atoms with Crippen molar-refractivity contribution in [2.45, 2.75) is 26.3 Å². The summed E-state index contributed by atoms with van der Waals surface area (Å²) in [6.07, 6.45) is 0. The van der Waals surface area contributed by atoms with Crippen molar-refractivity contribution in [3.8, 4) is 17.0 Å². The Labute approximate surface area is 113 Å². The maximum Gasteiger partial charge on any atom is 0.148 e. The summed E-state index contributed by atoms with van der Waals surface area (Å²) in [5.74, 6) is 1.48. The predicted molar refractivity (Wildman–Crippen MR) is 76.0 cm³/mol. The fraction of sp³-hybridized carbons (Fsp3) is 0.333. The zero-order chi connectivity index (χ0) is 14.0. The molecule has 4 heteroatoms. The summed E-state index contributed by atoms with van der Waals surface area (Å²) in [5, 5.41) is 0. The second-order valence-corrected chi connectivity index (χ2v) is 5.17. The number of hydrogen-bond donors (Lipinski definition) is 1. The van der Waals surface area contributed by atoms with E-state index in [4.69, 9.17) is 10.5 Å². The lowest BCUT2D eigenvalue weighted by molar-refractivity contribution is 0.415. The first-order valence-electron chi connectivity index (χ1n) is 6.19. The van der Waals surface area contributed by atoms with E-state index in [1.54, 1.807) is 7.11 Å². The van der Waals surface area contributed by atoms with Gasteiger partial charge in [-0.1, -0.05) is 0 Å². The second kappa shape index (κ2) is 4.97. The molecule has 0 saturated carbocycles. The van der Waals surface area contributed by atoms with Gasteiger partial charge in [0.1, 0.15) is 11.6 Å². The van der Waals surface area contributed by atoms with E-state index in [9.17, 15) is 0 Å². The molecule has 0 fully saturated rings. The first-order valence-corrected chi connectivity index (χ1v) is 6.19. The van der Waals surface area contributed by atoms with Crippen LogP contribution in [0.15, 0.2) is 30.3 Å². The molecule has 100 valence electrons. The standard InChI is InChI=1S/C15H19N3O/c1-10-9-13(18-14(17-10)15(2,3)16)11-5-7-12(19-4)8-6-11/h5-9H,16H2,1-4H3. The van der Waals surface area contributed by atoms with Crippen molar-refractivity contribution in [1.82, 2.24) is 9.97 Å². The van der Waals surface area contributed by atoms with Gasteiger partial charge in [-0.2, -0.15) is 0 Å². The Hall–Kier alpha value is -1.94. The highest BCUT2D eigenvalue weighted by molar-refractivity contribution is 5.60. The first-order chi connectivity index (χ1) is 8.90. The molecule has 2 N–H and O–H groups in total. The topological polar surface area (TPSA) is 61.0 Å². The smallest absolute Gasteiger partial charge is 0.148 e. The largest absolute Gasteiger partial charge is 0.497 e. The highest BCUT2D eigenvalue weighted by Crippen LogP contribution is 2.23. The molecule has 0 aliphatic carbocycles. The number of aromatic nitrogens is 2. The van der Waals surface area contributed by atoms with E-state index in [1.807, 2.05) is 51.1 Å². The van der Waals surface area contributed by atoms with E-state index in [0.717, 1.165) is 22.7 Å². The summed E-state index contributed by atoms with van der Waals surface area (Å²) in [5.41, 5.74) is 8.34. The molecule has 1 aromatic carbocycles. The fourth-order valence-electron chi connectivity index (χ4n) is 1.77. The van der Waals surface area contributed by atoms with E-state index >= 15 is 0 Å². The van der Waals surface area contributed by atoms with Gasteiger partial charge in [-0.15, -0.1) is 0 Å². The lowest BCUT2D eigenvalue weighted by Gasteiger charge is -2.18. The van der Waals surface area contributed by atoms with Crippen LogP contribution in [0, 0.1) is 6.92 Å². The van der Waals surface area contributed by atoms with E-state index in [1.165, 1.54) is 0 Å². The predicted octanol–water partition coefficient (Wildman–Crippen LogP) is 2.65.